The molecule has 3 heterocycles. The Morgan fingerprint density at radius 3 is 2.93 bits per heavy atom. The molecule has 1 aliphatic heterocycles. The van der Waals surface area contributed by atoms with Crippen LogP contribution in [0.25, 0.3) is 0 Å². The molecule has 0 bridgehead atoms. The molecular weight excluding hydrogens is 408 g/mol. The van der Waals surface area contributed by atoms with Gasteiger partial charge in [0, 0.05) is 28.8 Å². The molecule has 0 aliphatic carbocycles. The van der Waals surface area contributed by atoms with Crippen LogP contribution >= 0.6 is 23.1 Å². The van der Waals surface area contributed by atoms with Gasteiger partial charge in [0.1, 0.15) is 5.76 Å². The van der Waals surface area contributed by atoms with Crippen molar-refractivity contribution in [1.82, 2.24) is 15.0 Å². The van der Waals surface area contributed by atoms with E-state index in [1.807, 2.05) is 29.2 Å². The first-order chi connectivity index (χ1) is 14.0. The van der Waals surface area contributed by atoms with Crippen molar-refractivity contribution in [2.75, 3.05) is 17.6 Å². The quantitative estimate of drug-likeness (QED) is 0.618. The number of nitrogens with zero attached hydrogens (tertiary/aromatic N) is 3. The summed E-state index contributed by atoms with van der Waals surface area (Å²) in [4.78, 5) is 33.7. The Hall–Kier alpha value is -2.65. The van der Waals surface area contributed by atoms with Crippen LogP contribution in [0.15, 0.2) is 39.8 Å². The number of aromatic nitrogens is 2. The van der Waals surface area contributed by atoms with Gasteiger partial charge in [0.2, 0.25) is 0 Å². The molecule has 4 rings (SSSR count). The van der Waals surface area contributed by atoms with Crippen LogP contribution in [0.3, 0.4) is 0 Å². The van der Waals surface area contributed by atoms with Crippen LogP contribution in [0.2, 0.25) is 0 Å². The Balaban J connectivity index is 1.48. The van der Waals surface area contributed by atoms with Crippen LogP contribution < -0.4 is 5.32 Å². The molecule has 0 radical (unpaired) electrons. The fraction of sp³-hybridized carbons (Fsp3) is 0.300. The fourth-order valence-corrected chi connectivity index (χ4v) is 4.97. The van der Waals surface area contributed by atoms with Gasteiger partial charge < -0.3 is 9.42 Å². The van der Waals surface area contributed by atoms with Crippen molar-refractivity contribution in [3.05, 3.63) is 57.9 Å². The number of benzene rings is 1. The van der Waals surface area contributed by atoms with Gasteiger partial charge in [-0.2, -0.15) is 0 Å². The van der Waals surface area contributed by atoms with E-state index in [2.05, 4.69) is 22.4 Å². The van der Waals surface area contributed by atoms with E-state index >= 15 is 0 Å². The van der Waals surface area contributed by atoms with E-state index in [0.717, 1.165) is 26.8 Å². The topological polar surface area (TPSA) is 88.3 Å². The summed E-state index contributed by atoms with van der Waals surface area (Å²) in [6.45, 7) is 4.91. The van der Waals surface area contributed by atoms with E-state index in [1.165, 1.54) is 11.3 Å². The number of nitrogens with one attached hydrogen (secondary N) is 1. The summed E-state index contributed by atoms with van der Waals surface area (Å²) in [6, 6.07) is 9.30. The number of anilines is 1. The van der Waals surface area contributed by atoms with Gasteiger partial charge >= 0.3 is 0 Å². The Morgan fingerprint density at radius 1 is 1.34 bits per heavy atom. The van der Waals surface area contributed by atoms with Gasteiger partial charge in [-0.3, -0.25) is 14.9 Å². The van der Waals surface area contributed by atoms with Crippen molar-refractivity contribution >= 4 is 40.0 Å². The third-order valence-corrected chi connectivity index (χ3v) is 6.47. The standard InChI is InChI=1S/C20H20N4O3S2/c1-3-28-16-7-5-4-6-13(16)19(26)24-9-8-14-17(11-24)29-20(21-14)22-18(25)15-10-12(2)27-23-15/h4-7,10H,3,8-9,11H2,1-2H3,(H,21,22,25). The number of hydrogen-bond acceptors (Lipinski definition) is 7. The minimum absolute atomic E-state index is 0.0317. The molecule has 1 aromatic carbocycles. The summed E-state index contributed by atoms with van der Waals surface area (Å²) in [7, 11) is 0. The molecule has 7 nitrogen and oxygen atoms in total. The third kappa shape index (κ3) is 4.20. The van der Waals surface area contributed by atoms with E-state index in [-0.39, 0.29) is 17.5 Å². The van der Waals surface area contributed by atoms with Gasteiger partial charge in [-0.05, 0) is 24.8 Å². The number of amides is 2. The Bertz CT molecular complexity index is 1060. The minimum Gasteiger partial charge on any atom is -0.361 e. The zero-order chi connectivity index (χ0) is 20.4. The van der Waals surface area contributed by atoms with E-state index in [1.54, 1.807) is 24.8 Å². The highest BCUT2D eigenvalue weighted by Crippen LogP contribution is 2.31. The summed E-state index contributed by atoms with van der Waals surface area (Å²) in [5.41, 5.74) is 1.89. The van der Waals surface area contributed by atoms with E-state index in [0.29, 0.717) is 30.4 Å². The normalized spacial score (nSPS) is 13.2. The van der Waals surface area contributed by atoms with Crippen molar-refractivity contribution in [2.45, 2.75) is 31.7 Å². The number of hydrogen-bond donors (Lipinski definition) is 1. The maximum Gasteiger partial charge on any atom is 0.279 e. The first-order valence-corrected chi connectivity index (χ1v) is 11.1. The maximum absolute atomic E-state index is 13.1. The van der Waals surface area contributed by atoms with Crippen molar-refractivity contribution in [2.24, 2.45) is 0 Å². The zero-order valence-electron chi connectivity index (χ0n) is 16.1. The summed E-state index contributed by atoms with van der Waals surface area (Å²) in [5, 5.41) is 7.00. The van der Waals surface area contributed by atoms with Crippen molar-refractivity contribution in [3.8, 4) is 0 Å². The van der Waals surface area contributed by atoms with Gasteiger partial charge in [-0.15, -0.1) is 11.8 Å². The highest BCUT2D eigenvalue weighted by molar-refractivity contribution is 7.99. The SMILES string of the molecule is CCSc1ccccc1C(=O)N1CCc2nc(NC(=O)c3cc(C)on3)sc2C1. The number of carbonyl (C=O) groups is 2. The minimum atomic E-state index is -0.355. The number of aryl methyl sites for hydroxylation is 1. The molecule has 29 heavy (non-hydrogen) atoms. The maximum atomic E-state index is 13.1. The van der Waals surface area contributed by atoms with E-state index < -0.39 is 0 Å². The Morgan fingerprint density at radius 2 is 2.17 bits per heavy atom. The largest absolute Gasteiger partial charge is 0.361 e. The first kappa shape index (κ1) is 19.7. The second kappa shape index (κ2) is 8.38. The second-order valence-corrected chi connectivity index (χ2v) is 8.96. The summed E-state index contributed by atoms with van der Waals surface area (Å²) in [6.07, 6.45) is 0.666. The molecule has 0 saturated heterocycles. The molecule has 0 unspecified atom stereocenters. The fourth-order valence-electron chi connectivity index (χ4n) is 3.15. The Kier molecular flexibility index (Phi) is 5.68. The molecule has 1 N–H and O–H groups in total. The number of carbonyl (C=O) groups excluding carboxylic acids is 2. The number of fused-ring (bicyclic) bond motifs is 1. The van der Waals surface area contributed by atoms with E-state index in [4.69, 9.17) is 4.52 Å². The predicted octanol–water partition coefficient (Wildman–Crippen LogP) is 4.00. The molecule has 1 aliphatic rings. The molecule has 3 aromatic rings. The Labute approximate surface area is 176 Å². The van der Waals surface area contributed by atoms with Crippen molar-refractivity contribution < 1.29 is 14.1 Å². The third-order valence-electron chi connectivity index (χ3n) is 4.52. The molecule has 0 fully saturated rings. The van der Waals surface area contributed by atoms with Crippen LogP contribution in [-0.2, 0) is 13.0 Å². The number of rotatable bonds is 5. The average Bonchev–Trinajstić information content (AvgIpc) is 3.33. The lowest BCUT2D eigenvalue weighted by molar-refractivity contribution is 0.0732. The van der Waals surface area contributed by atoms with Gasteiger partial charge in [0.15, 0.2) is 10.8 Å². The lowest BCUT2D eigenvalue weighted by Gasteiger charge is -2.26. The van der Waals surface area contributed by atoms with Crippen molar-refractivity contribution in [3.63, 3.8) is 0 Å². The highest BCUT2D eigenvalue weighted by atomic mass is 32.2. The lowest BCUT2D eigenvalue weighted by atomic mass is 10.1. The van der Waals surface area contributed by atoms with Crippen LogP contribution in [0, 0.1) is 6.92 Å². The molecule has 0 atom stereocenters. The first-order valence-electron chi connectivity index (χ1n) is 9.29. The smallest absolute Gasteiger partial charge is 0.279 e. The molecular formula is C20H20N4O3S2. The monoisotopic (exact) mass is 428 g/mol. The molecule has 150 valence electrons. The predicted molar refractivity (Wildman–Crippen MR) is 113 cm³/mol. The van der Waals surface area contributed by atoms with Crippen LogP contribution in [0.1, 0.15) is 44.1 Å². The highest BCUT2D eigenvalue weighted by Gasteiger charge is 2.26. The average molecular weight is 429 g/mol. The summed E-state index contributed by atoms with van der Waals surface area (Å²) >= 11 is 3.07. The molecule has 0 spiro atoms. The van der Waals surface area contributed by atoms with Crippen LogP contribution in [0.5, 0.6) is 0 Å². The molecule has 0 saturated carbocycles. The van der Waals surface area contributed by atoms with Gasteiger partial charge in [0.05, 0.1) is 17.8 Å². The van der Waals surface area contributed by atoms with Crippen LogP contribution in [0.4, 0.5) is 5.13 Å². The molecule has 2 amide bonds. The van der Waals surface area contributed by atoms with Gasteiger partial charge in [0.25, 0.3) is 11.8 Å². The van der Waals surface area contributed by atoms with Gasteiger partial charge in [-0.25, -0.2) is 4.98 Å². The summed E-state index contributed by atoms with van der Waals surface area (Å²) in [5.74, 6) is 1.16. The van der Waals surface area contributed by atoms with E-state index in [9.17, 15) is 9.59 Å². The van der Waals surface area contributed by atoms with Crippen molar-refractivity contribution in [1.29, 1.82) is 0 Å². The number of thioether (sulfide) groups is 1. The molecule has 9 heteroatoms. The summed E-state index contributed by atoms with van der Waals surface area (Å²) < 4.78 is 4.94. The lowest BCUT2D eigenvalue weighted by Crippen LogP contribution is -2.35. The van der Waals surface area contributed by atoms with Crippen LogP contribution in [-0.4, -0.2) is 39.2 Å². The van der Waals surface area contributed by atoms with Gasteiger partial charge in [-0.1, -0.05) is 35.5 Å². The zero-order valence-corrected chi connectivity index (χ0v) is 17.7. The second-order valence-electron chi connectivity index (χ2n) is 6.57. The number of thiazole rings is 1. The molecule has 2 aromatic heterocycles.